The lowest BCUT2D eigenvalue weighted by atomic mass is 10.1. The predicted octanol–water partition coefficient (Wildman–Crippen LogP) is 3.48. The molecule has 94 valence electrons. The Hall–Kier alpha value is -1.12. The Balaban J connectivity index is 2.03. The van der Waals surface area contributed by atoms with E-state index in [9.17, 15) is 0 Å². The van der Waals surface area contributed by atoms with Crippen molar-refractivity contribution < 1.29 is 0 Å². The van der Waals surface area contributed by atoms with E-state index in [1.54, 1.807) is 0 Å². The quantitative estimate of drug-likeness (QED) is 0.812. The van der Waals surface area contributed by atoms with Gasteiger partial charge in [-0.1, -0.05) is 32.6 Å². The molecule has 1 fully saturated rings. The van der Waals surface area contributed by atoms with Crippen molar-refractivity contribution >= 4 is 5.82 Å². The molecule has 0 bridgehead atoms. The third-order valence-corrected chi connectivity index (χ3v) is 3.46. The zero-order chi connectivity index (χ0) is 12.1. The van der Waals surface area contributed by atoms with Gasteiger partial charge in [-0.3, -0.25) is 0 Å². The molecule has 0 atom stereocenters. The monoisotopic (exact) mass is 233 g/mol. The summed E-state index contributed by atoms with van der Waals surface area (Å²) in [5, 5.41) is 3.59. The fourth-order valence-corrected chi connectivity index (χ4v) is 2.52. The molecule has 17 heavy (non-hydrogen) atoms. The van der Waals surface area contributed by atoms with E-state index >= 15 is 0 Å². The maximum atomic E-state index is 4.48. The first-order valence-corrected chi connectivity index (χ1v) is 6.89. The Morgan fingerprint density at radius 1 is 1.18 bits per heavy atom. The first kappa shape index (κ1) is 12.3. The largest absolute Gasteiger partial charge is 0.367 e. The molecule has 1 saturated carbocycles. The average molecular weight is 233 g/mol. The second kappa shape index (κ2) is 5.99. The highest BCUT2D eigenvalue weighted by atomic mass is 15.0. The van der Waals surface area contributed by atoms with Gasteiger partial charge in [0.1, 0.15) is 11.6 Å². The molecule has 0 radical (unpaired) electrons. The summed E-state index contributed by atoms with van der Waals surface area (Å²) in [5.41, 5.74) is 1.13. The van der Waals surface area contributed by atoms with Crippen molar-refractivity contribution in [2.45, 2.75) is 64.8 Å². The van der Waals surface area contributed by atoms with E-state index in [2.05, 4.69) is 28.3 Å². The summed E-state index contributed by atoms with van der Waals surface area (Å²) < 4.78 is 0. The number of rotatable bonds is 3. The van der Waals surface area contributed by atoms with Crippen LogP contribution in [0.4, 0.5) is 5.82 Å². The lowest BCUT2D eigenvalue weighted by Crippen LogP contribution is -2.19. The highest BCUT2D eigenvalue weighted by molar-refractivity contribution is 5.37. The molecule has 0 amide bonds. The number of aryl methyl sites for hydroxylation is 2. The lowest BCUT2D eigenvalue weighted by molar-refractivity contribution is 0.617. The fourth-order valence-electron chi connectivity index (χ4n) is 2.52. The van der Waals surface area contributed by atoms with Gasteiger partial charge in [0.05, 0.1) is 0 Å². The standard InChI is InChI=1S/C14H23N3/c1-3-12-10-14(16-11(2)15-12)17-13-8-6-4-5-7-9-13/h10,13H,3-9H2,1-2H3,(H,15,16,17). The number of anilines is 1. The summed E-state index contributed by atoms with van der Waals surface area (Å²) in [6, 6.07) is 2.70. The molecule has 3 nitrogen and oxygen atoms in total. The van der Waals surface area contributed by atoms with E-state index in [0.717, 1.165) is 23.8 Å². The van der Waals surface area contributed by atoms with Gasteiger partial charge in [-0.25, -0.2) is 9.97 Å². The van der Waals surface area contributed by atoms with Crippen molar-refractivity contribution in [3.05, 3.63) is 17.6 Å². The molecule has 0 spiro atoms. The summed E-state index contributed by atoms with van der Waals surface area (Å²) in [6.07, 6.45) is 9.02. The van der Waals surface area contributed by atoms with Gasteiger partial charge in [-0.2, -0.15) is 0 Å². The first-order valence-electron chi connectivity index (χ1n) is 6.89. The van der Waals surface area contributed by atoms with Crippen LogP contribution in [0.3, 0.4) is 0 Å². The van der Waals surface area contributed by atoms with Crippen LogP contribution in [-0.4, -0.2) is 16.0 Å². The SMILES string of the molecule is CCc1cc(NC2CCCCCC2)nc(C)n1. The van der Waals surface area contributed by atoms with Crippen LogP contribution in [0, 0.1) is 6.92 Å². The first-order chi connectivity index (χ1) is 8.28. The molecule has 0 aromatic carbocycles. The summed E-state index contributed by atoms with van der Waals surface area (Å²) in [6.45, 7) is 4.11. The maximum absolute atomic E-state index is 4.48. The Bertz CT molecular complexity index is 354. The van der Waals surface area contributed by atoms with E-state index in [1.807, 2.05) is 6.92 Å². The molecule has 1 aliphatic rings. The minimum Gasteiger partial charge on any atom is -0.367 e. The van der Waals surface area contributed by atoms with Crippen molar-refractivity contribution in [3.8, 4) is 0 Å². The van der Waals surface area contributed by atoms with Gasteiger partial charge in [-0.05, 0) is 26.2 Å². The molecular formula is C14H23N3. The third-order valence-electron chi connectivity index (χ3n) is 3.46. The fraction of sp³-hybridized carbons (Fsp3) is 0.714. The Labute approximate surface area is 104 Å². The van der Waals surface area contributed by atoms with Crippen LogP contribution >= 0.6 is 0 Å². The van der Waals surface area contributed by atoms with E-state index in [0.29, 0.717) is 6.04 Å². The van der Waals surface area contributed by atoms with Crippen LogP contribution in [0.5, 0.6) is 0 Å². The molecule has 0 unspecified atom stereocenters. The smallest absolute Gasteiger partial charge is 0.130 e. The van der Waals surface area contributed by atoms with E-state index < -0.39 is 0 Å². The Kier molecular flexibility index (Phi) is 4.35. The van der Waals surface area contributed by atoms with E-state index in [1.165, 1.54) is 38.5 Å². The molecule has 2 rings (SSSR count). The van der Waals surface area contributed by atoms with Crippen molar-refractivity contribution in [1.29, 1.82) is 0 Å². The van der Waals surface area contributed by atoms with Crippen molar-refractivity contribution in [2.24, 2.45) is 0 Å². The van der Waals surface area contributed by atoms with E-state index in [4.69, 9.17) is 0 Å². The van der Waals surface area contributed by atoms with Crippen molar-refractivity contribution in [2.75, 3.05) is 5.32 Å². The van der Waals surface area contributed by atoms with Gasteiger partial charge in [0.15, 0.2) is 0 Å². The maximum Gasteiger partial charge on any atom is 0.130 e. The van der Waals surface area contributed by atoms with Gasteiger partial charge in [0.2, 0.25) is 0 Å². The molecule has 1 heterocycles. The highest BCUT2D eigenvalue weighted by Crippen LogP contribution is 2.20. The number of aromatic nitrogens is 2. The number of hydrogen-bond donors (Lipinski definition) is 1. The average Bonchev–Trinajstić information content (AvgIpc) is 2.57. The van der Waals surface area contributed by atoms with Gasteiger partial charge in [0.25, 0.3) is 0 Å². The predicted molar refractivity (Wildman–Crippen MR) is 71.3 cm³/mol. The Morgan fingerprint density at radius 2 is 1.88 bits per heavy atom. The molecule has 1 aromatic heterocycles. The second-order valence-electron chi connectivity index (χ2n) is 4.98. The molecule has 1 aromatic rings. The lowest BCUT2D eigenvalue weighted by Gasteiger charge is -2.17. The van der Waals surface area contributed by atoms with Crippen LogP contribution in [0.2, 0.25) is 0 Å². The third kappa shape index (κ3) is 3.69. The molecule has 0 saturated heterocycles. The topological polar surface area (TPSA) is 37.8 Å². The van der Waals surface area contributed by atoms with Crippen molar-refractivity contribution in [1.82, 2.24) is 9.97 Å². The number of hydrogen-bond acceptors (Lipinski definition) is 3. The van der Waals surface area contributed by atoms with Gasteiger partial charge >= 0.3 is 0 Å². The van der Waals surface area contributed by atoms with Crippen LogP contribution in [-0.2, 0) is 6.42 Å². The van der Waals surface area contributed by atoms with Crippen LogP contribution in [0.15, 0.2) is 6.07 Å². The van der Waals surface area contributed by atoms with Crippen molar-refractivity contribution in [3.63, 3.8) is 0 Å². The molecular weight excluding hydrogens is 210 g/mol. The van der Waals surface area contributed by atoms with Gasteiger partial charge in [-0.15, -0.1) is 0 Å². The van der Waals surface area contributed by atoms with Crippen LogP contribution in [0.25, 0.3) is 0 Å². The molecule has 0 aliphatic heterocycles. The van der Waals surface area contributed by atoms with Gasteiger partial charge < -0.3 is 5.32 Å². The molecule has 1 N–H and O–H groups in total. The summed E-state index contributed by atoms with van der Waals surface area (Å²) in [4.78, 5) is 8.90. The second-order valence-corrected chi connectivity index (χ2v) is 4.98. The van der Waals surface area contributed by atoms with E-state index in [-0.39, 0.29) is 0 Å². The van der Waals surface area contributed by atoms with Crippen LogP contribution in [0.1, 0.15) is 57.0 Å². The van der Waals surface area contributed by atoms with Crippen LogP contribution < -0.4 is 5.32 Å². The number of nitrogens with zero attached hydrogens (tertiary/aromatic N) is 2. The zero-order valence-electron chi connectivity index (χ0n) is 11.0. The Morgan fingerprint density at radius 3 is 2.53 bits per heavy atom. The normalized spacial score (nSPS) is 17.8. The van der Waals surface area contributed by atoms with Gasteiger partial charge in [0, 0.05) is 17.8 Å². The summed E-state index contributed by atoms with van der Waals surface area (Å²) in [7, 11) is 0. The molecule has 3 heteroatoms. The number of nitrogens with one attached hydrogen (secondary N) is 1. The summed E-state index contributed by atoms with van der Waals surface area (Å²) in [5.74, 6) is 1.89. The molecule has 1 aliphatic carbocycles. The summed E-state index contributed by atoms with van der Waals surface area (Å²) >= 11 is 0. The minimum atomic E-state index is 0.608. The highest BCUT2D eigenvalue weighted by Gasteiger charge is 2.12. The zero-order valence-corrected chi connectivity index (χ0v) is 11.0. The minimum absolute atomic E-state index is 0.608.